The first kappa shape index (κ1) is 14.7. The first-order valence-corrected chi connectivity index (χ1v) is 8.79. The summed E-state index contributed by atoms with van der Waals surface area (Å²) >= 11 is 1.24. The third-order valence-corrected chi connectivity index (χ3v) is 5.96. The molecular formula is C14H14N4O2S2. The molecule has 22 heavy (non-hydrogen) atoms. The minimum Gasteiger partial charge on any atom is -0.317 e. The van der Waals surface area contributed by atoms with Gasteiger partial charge in [-0.25, -0.2) is 8.42 Å². The number of nitrogens with zero attached hydrogens (tertiary/aromatic N) is 3. The van der Waals surface area contributed by atoms with Crippen molar-refractivity contribution in [1.29, 1.82) is 0 Å². The molecule has 3 rings (SSSR count). The average molecular weight is 334 g/mol. The highest BCUT2D eigenvalue weighted by molar-refractivity contribution is 7.94. The quantitative estimate of drug-likeness (QED) is 0.796. The highest BCUT2D eigenvalue weighted by Crippen LogP contribution is 2.24. The van der Waals surface area contributed by atoms with Gasteiger partial charge in [0.25, 0.3) is 10.0 Å². The number of hydrogen-bond acceptors (Lipinski definition) is 5. The molecule has 2 heterocycles. The Balaban J connectivity index is 1.84. The van der Waals surface area contributed by atoms with Crippen LogP contribution in [0.2, 0.25) is 0 Å². The van der Waals surface area contributed by atoms with Crippen LogP contribution in [0.15, 0.2) is 46.9 Å². The maximum Gasteiger partial charge on any atom is 0.271 e. The molecule has 1 aromatic carbocycles. The highest BCUT2D eigenvalue weighted by Gasteiger charge is 2.16. The van der Waals surface area contributed by atoms with Crippen molar-refractivity contribution >= 4 is 27.0 Å². The van der Waals surface area contributed by atoms with Gasteiger partial charge in [-0.2, -0.15) is 0 Å². The molecular weight excluding hydrogens is 320 g/mol. The van der Waals surface area contributed by atoms with Gasteiger partial charge in [-0.05, 0) is 43.3 Å². The number of anilines is 1. The van der Waals surface area contributed by atoms with Crippen LogP contribution in [-0.2, 0) is 17.1 Å². The Morgan fingerprint density at radius 1 is 1.14 bits per heavy atom. The van der Waals surface area contributed by atoms with Gasteiger partial charge >= 0.3 is 0 Å². The van der Waals surface area contributed by atoms with E-state index in [4.69, 9.17) is 0 Å². The predicted molar refractivity (Wildman–Crippen MR) is 86.3 cm³/mol. The van der Waals surface area contributed by atoms with Gasteiger partial charge in [-0.15, -0.1) is 21.5 Å². The molecule has 0 aliphatic rings. The molecule has 0 saturated carbocycles. The lowest BCUT2D eigenvalue weighted by Gasteiger charge is -2.07. The maximum atomic E-state index is 12.3. The fraction of sp³-hybridized carbons (Fsp3) is 0.143. The molecule has 8 heteroatoms. The largest absolute Gasteiger partial charge is 0.317 e. The molecule has 0 atom stereocenters. The molecule has 114 valence electrons. The predicted octanol–water partition coefficient (Wildman–Crippen LogP) is 2.65. The molecule has 0 amide bonds. The van der Waals surface area contributed by atoms with E-state index in [1.165, 1.54) is 11.3 Å². The van der Waals surface area contributed by atoms with Crippen LogP contribution in [-0.4, -0.2) is 23.2 Å². The fourth-order valence-corrected chi connectivity index (χ4v) is 4.34. The van der Waals surface area contributed by atoms with Crippen molar-refractivity contribution in [2.24, 2.45) is 7.05 Å². The van der Waals surface area contributed by atoms with Crippen molar-refractivity contribution in [2.45, 2.75) is 11.1 Å². The van der Waals surface area contributed by atoms with Crippen LogP contribution in [0.4, 0.5) is 5.69 Å². The van der Waals surface area contributed by atoms with Crippen LogP contribution in [0.3, 0.4) is 0 Å². The summed E-state index contributed by atoms with van der Waals surface area (Å²) in [5, 5.41) is 7.84. The van der Waals surface area contributed by atoms with Gasteiger partial charge in [-0.1, -0.05) is 0 Å². The zero-order valence-corrected chi connectivity index (χ0v) is 13.6. The first-order chi connectivity index (χ1) is 10.5. The molecule has 1 N–H and O–H groups in total. The molecule has 2 aromatic heterocycles. The third-order valence-electron chi connectivity index (χ3n) is 3.09. The number of thiophene rings is 1. The molecule has 0 aliphatic carbocycles. The molecule has 0 saturated heterocycles. The Kier molecular flexibility index (Phi) is 3.71. The van der Waals surface area contributed by atoms with Gasteiger partial charge in [-0.3, -0.25) is 4.72 Å². The van der Waals surface area contributed by atoms with E-state index in [1.54, 1.807) is 35.2 Å². The first-order valence-electron chi connectivity index (χ1n) is 6.49. The minimum absolute atomic E-state index is 0.308. The van der Waals surface area contributed by atoms with E-state index in [1.807, 2.05) is 26.1 Å². The Hall–Kier alpha value is -2.19. The number of aromatic nitrogens is 3. The standard InChI is InChI=1S/C14H14N4O2S2/c1-10-3-8-13(21-10)22(19,20)17-12-6-4-11(5-7-12)14-16-15-9-18(14)2/h3-9,17H,1-2H3. The molecule has 0 bridgehead atoms. The third kappa shape index (κ3) is 2.88. The number of benzene rings is 1. The number of hydrogen-bond donors (Lipinski definition) is 1. The van der Waals surface area contributed by atoms with Gasteiger partial charge in [0.15, 0.2) is 5.82 Å². The Labute approximate surface area is 132 Å². The molecule has 0 spiro atoms. The normalized spacial score (nSPS) is 11.5. The molecule has 3 aromatic rings. The number of nitrogens with one attached hydrogen (secondary N) is 1. The lowest BCUT2D eigenvalue weighted by atomic mass is 10.2. The van der Waals surface area contributed by atoms with Crippen LogP contribution >= 0.6 is 11.3 Å². The lowest BCUT2D eigenvalue weighted by Crippen LogP contribution is -2.11. The smallest absolute Gasteiger partial charge is 0.271 e. The van der Waals surface area contributed by atoms with Crippen LogP contribution in [0.5, 0.6) is 0 Å². The minimum atomic E-state index is -3.53. The Morgan fingerprint density at radius 3 is 2.41 bits per heavy atom. The monoisotopic (exact) mass is 334 g/mol. The Bertz CT molecular complexity index is 895. The summed E-state index contributed by atoms with van der Waals surface area (Å²) in [6.07, 6.45) is 1.62. The van der Waals surface area contributed by atoms with Gasteiger partial charge < -0.3 is 4.57 Å². The van der Waals surface area contributed by atoms with Gasteiger partial charge in [0.2, 0.25) is 0 Å². The second kappa shape index (κ2) is 5.54. The van der Waals surface area contributed by atoms with E-state index in [-0.39, 0.29) is 0 Å². The molecule has 0 fully saturated rings. The summed E-state index contributed by atoms with van der Waals surface area (Å²) in [4.78, 5) is 0.956. The van der Waals surface area contributed by atoms with E-state index in [9.17, 15) is 8.42 Å². The van der Waals surface area contributed by atoms with Crippen molar-refractivity contribution in [3.05, 3.63) is 47.6 Å². The topological polar surface area (TPSA) is 76.9 Å². The zero-order valence-electron chi connectivity index (χ0n) is 12.0. The van der Waals surface area contributed by atoms with E-state index in [2.05, 4.69) is 14.9 Å². The molecule has 0 radical (unpaired) electrons. The van der Waals surface area contributed by atoms with Crippen LogP contribution in [0.25, 0.3) is 11.4 Å². The fourth-order valence-electron chi connectivity index (χ4n) is 1.99. The van der Waals surface area contributed by atoms with Gasteiger partial charge in [0, 0.05) is 23.2 Å². The summed E-state index contributed by atoms with van der Waals surface area (Å²) < 4.78 is 29.2. The summed E-state index contributed by atoms with van der Waals surface area (Å²) in [5.74, 6) is 0.725. The van der Waals surface area contributed by atoms with E-state index >= 15 is 0 Å². The Morgan fingerprint density at radius 2 is 1.86 bits per heavy atom. The van der Waals surface area contributed by atoms with E-state index in [0.717, 1.165) is 16.3 Å². The average Bonchev–Trinajstić information content (AvgIpc) is 3.08. The lowest BCUT2D eigenvalue weighted by molar-refractivity contribution is 0.603. The summed E-state index contributed by atoms with van der Waals surface area (Å²) in [6, 6.07) is 10.4. The van der Waals surface area contributed by atoms with Crippen LogP contribution in [0, 0.1) is 6.92 Å². The van der Waals surface area contributed by atoms with E-state index < -0.39 is 10.0 Å². The van der Waals surface area contributed by atoms with Crippen LogP contribution in [0.1, 0.15) is 4.88 Å². The van der Waals surface area contributed by atoms with Crippen molar-refractivity contribution in [1.82, 2.24) is 14.8 Å². The second-order valence-corrected chi connectivity index (χ2v) is 8.01. The van der Waals surface area contributed by atoms with Gasteiger partial charge in [0.1, 0.15) is 10.5 Å². The van der Waals surface area contributed by atoms with Crippen molar-refractivity contribution in [3.63, 3.8) is 0 Å². The van der Waals surface area contributed by atoms with Crippen molar-refractivity contribution in [3.8, 4) is 11.4 Å². The zero-order chi connectivity index (χ0) is 15.7. The number of rotatable bonds is 4. The summed E-state index contributed by atoms with van der Waals surface area (Å²) in [7, 11) is -1.68. The molecule has 6 nitrogen and oxygen atoms in total. The summed E-state index contributed by atoms with van der Waals surface area (Å²) in [6.45, 7) is 1.87. The van der Waals surface area contributed by atoms with Crippen molar-refractivity contribution in [2.75, 3.05) is 4.72 Å². The highest BCUT2D eigenvalue weighted by atomic mass is 32.2. The van der Waals surface area contributed by atoms with Crippen molar-refractivity contribution < 1.29 is 8.42 Å². The number of aryl methyl sites for hydroxylation is 2. The number of sulfonamides is 1. The summed E-state index contributed by atoms with van der Waals surface area (Å²) in [5.41, 5.74) is 1.38. The second-order valence-electron chi connectivity index (χ2n) is 4.81. The van der Waals surface area contributed by atoms with Gasteiger partial charge in [0.05, 0.1) is 0 Å². The van der Waals surface area contributed by atoms with E-state index in [0.29, 0.717) is 9.90 Å². The molecule has 0 aliphatic heterocycles. The maximum absolute atomic E-state index is 12.3. The van der Waals surface area contributed by atoms with Crippen LogP contribution < -0.4 is 4.72 Å². The molecule has 0 unspecified atom stereocenters. The SMILES string of the molecule is Cc1ccc(S(=O)(=O)Nc2ccc(-c3nncn3C)cc2)s1.